The van der Waals surface area contributed by atoms with Crippen LogP contribution < -0.4 is 16.0 Å². The fourth-order valence-corrected chi connectivity index (χ4v) is 5.04. The molecule has 3 N–H and O–H groups in total. The summed E-state index contributed by atoms with van der Waals surface area (Å²) in [6.07, 6.45) is 4.30. The molecule has 0 bridgehead atoms. The molecular weight excluding hydrogens is 596 g/mol. The maximum atomic E-state index is 13.7. The molecule has 0 saturated carbocycles. The third kappa shape index (κ3) is 8.46. The van der Waals surface area contributed by atoms with Crippen LogP contribution in [0.3, 0.4) is 0 Å². The lowest BCUT2D eigenvalue weighted by molar-refractivity contribution is -0.121. The Morgan fingerprint density at radius 2 is 1.66 bits per heavy atom. The van der Waals surface area contributed by atoms with Crippen LogP contribution in [0, 0.1) is 6.92 Å². The second-order valence-electron chi connectivity index (χ2n) is 11.0. The number of fused-ring (bicyclic) bond motifs is 1. The summed E-state index contributed by atoms with van der Waals surface area (Å²) < 4.78 is 11.9. The first-order valence-corrected chi connectivity index (χ1v) is 15.5. The lowest BCUT2D eigenvalue weighted by Crippen LogP contribution is -2.21. The van der Waals surface area contributed by atoms with Crippen LogP contribution in [0.1, 0.15) is 46.9 Å². The fraction of sp³-hybridized carbons (Fsp3) is 0.250. The lowest BCUT2D eigenvalue weighted by atomic mass is 9.96. The summed E-state index contributed by atoms with van der Waals surface area (Å²) in [7, 11) is 1.55. The number of nitrogens with zero attached hydrogens (tertiary/aromatic N) is 3. The zero-order valence-corrected chi connectivity index (χ0v) is 26.7. The molecule has 0 spiro atoms. The monoisotopic (exact) mass is 634 g/mol. The molecule has 242 valence electrons. The third-order valence-corrected chi connectivity index (χ3v) is 7.44. The minimum Gasteiger partial charge on any atom is -0.382 e. The number of aromatic nitrogens is 3. The number of hydrogen-bond donors (Lipinski definition) is 3. The van der Waals surface area contributed by atoms with E-state index in [1.165, 1.54) is 12.3 Å². The maximum Gasteiger partial charge on any atom is 0.324 e. The van der Waals surface area contributed by atoms with E-state index in [4.69, 9.17) is 14.6 Å². The number of nitrogens with one attached hydrogen (secondary N) is 3. The highest BCUT2D eigenvalue weighted by Crippen LogP contribution is 2.29. The first-order chi connectivity index (χ1) is 22.9. The molecule has 11 nitrogen and oxygen atoms in total. The van der Waals surface area contributed by atoms with Gasteiger partial charge in [0.15, 0.2) is 5.78 Å². The molecule has 47 heavy (non-hydrogen) atoms. The van der Waals surface area contributed by atoms with E-state index in [1.807, 2.05) is 61.5 Å². The molecule has 0 aliphatic rings. The quantitative estimate of drug-likeness (QED) is 0.0931. The number of methoxy groups -OCH3 is 1. The number of ether oxygens (including phenoxy) is 2. The molecule has 0 radical (unpaired) electrons. The van der Waals surface area contributed by atoms with E-state index in [-0.39, 0.29) is 24.8 Å². The summed E-state index contributed by atoms with van der Waals surface area (Å²) >= 11 is 0. The molecular formula is C36H38N6O5. The minimum absolute atomic E-state index is 0.162. The van der Waals surface area contributed by atoms with E-state index < -0.39 is 11.9 Å². The van der Waals surface area contributed by atoms with Crippen LogP contribution in [0.4, 0.5) is 22.1 Å². The summed E-state index contributed by atoms with van der Waals surface area (Å²) in [5.41, 5.74) is 4.20. The Morgan fingerprint density at radius 1 is 0.872 bits per heavy atom. The van der Waals surface area contributed by atoms with Crippen molar-refractivity contribution in [2.75, 3.05) is 42.9 Å². The Morgan fingerprint density at radius 3 is 2.43 bits per heavy atom. The van der Waals surface area contributed by atoms with Gasteiger partial charge in [-0.2, -0.15) is 5.10 Å². The SMILES string of the molecule is CCCCc1cc(NC(=O)Nc2ccc(C(=O)c3ccnc(NC(=O)COCCOC)c3)c3ccccc23)n(-c2ccc(C)cc2)n1. The van der Waals surface area contributed by atoms with Crippen LogP contribution in [0.15, 0.2) is 85.1 Å². The predicted molar refractivity (Wildman–Crippen MR) is 182 cm³/mol. The van der Waals surface area contributed by atoms with Crippen molar-refractivity contribution in [3.8, 4) is 5.69 Å². The van der Waals surface area contributed by atoms with E-state index in [9.17, 15) is 14.4 Å². The highest BCUT2D eigenvalue weighted by atomic mass is 16.5. The van der Waals surface area contributed by atoms with Gasteiger partial charge >= 0.3 is 6.03 Å². The summed E-state index contributed by atoms with van der Waals surface area (Å²) in [6.45, 7) is 4.65. The first kappa shape index (κ1) is 33.0. The van der Waals surface area contributed by atoms with Gasteiger partial charge in [0.25, 0.3) is 5.91 Å². The molecule has 11 heteroatoms. The van der Waals surface area contributed by atoms with Crippen LogP contribution in [0.2, 0.25) is 0 Å². The van der Waals surface area contributed by atoms with Crippen molar-refractivity contribution in [1.29, 1.82) is 0 Å². The van der Waals surface area contributed by atoms with Crippen molar-refractivity contribution in [2.24, 2.45) is 0 Å². The smallest absolute Gasteiger partial charge is 0.324 e. The average Bonchev–Trinajstić information content (AvgIpc) is 3.48. The number of amides is 3. The highest BCUT2D eigenvalue weighted by molar-refractivity contribution is 6.19. The predicted octanol–water partition coefficient (Wildman–Crippen LogP) is 6.55. The average molecular weight is 635 g/mol. The molecule has 0 atom stereocenters. The molecule has 2 heterocycles. The number of carbonyl (C=O) groups is 3. The van der Waals surface area contributed by atoms with Gasteiger partial charge in [-0.3, -0.25) is 14.9 Å². The van der Waals surface area contributed by atoms with Gasteiger partial charge < -0.3 is 20.1 Å². The molecule has 2 aromatic heterocycles. The van der Waals surface area contributed by atoms with E-state index in [1.54, 1.807) is 30.0 Å². The van der Waals surface area contributed by atoms with Crippen molar-refractivity contribution in [3.05, 3.63) is 107 Å². The standard InChI is InChI=1S/C36H38N6O5/c1-4-5-8-26-22-33(42(41-26)27-13-11-24(2)12-14-27)40-36(45)38-31-16-15-30(28-9-6-7-10-29(28)31)35(44)25-17-18-37-32(21-25)39-34(43)23-47-20-19-46-3/h6-7,9-18,21-22H,4-5,8,19-20,23H2,1-3H3,(H,37,39,43)(H2,38,40,45). The molecule has 5 aromatic rings. The number of ketones is 1. The number of carbonyl (C=O) groups excluding carboxylic acids is 3. The summed E-state index contributed by atoms with van der Waals surface area (Å²) in [6, 6.07) is 23.3. The molecule has 0 aliphatic carbocycles. The van der Waals surface area contributed by atoms with Gasteiger partial charge in [-0.15, -0.1) is 0 Å². The van der Waals surface area contributed by atoms with Crippen LogP contribution in [-0.2, 0) is 20.7 Å². The third-order valence-electron chi connectivity index (χ3n) is 7.44. The zero-order chi connectivity index (χ0) is 33.2. The molecule has 3 amide bonds. The van der Waals surface area contributed by atoms with Crippen LogP contribution >= 0.6 is 0 Å². The van der Waals surface area contributed by atoms with Gasteiger partial charge in [0, 0.05) is 35.9 Å². The number of anilines is 3. The second kappa shape index (κ2) is 15.7. The maximum absolute atomic E-state index is 13.7. The molecule has 0 saturated heterocycles. The Kier molecular flexibility index (Phi) is 11.1. The number of hydrogen-bond acceptors (Lipinski definition) is 7. The normalized spacial score (nSPS) is 11.0. The summed E-state index contributed by atoms with van der Waals surface area (Å²) in [5.74, 6) is 0.137. The van der Waals surface area contributed by atoms with Crippen LogP contribution in [-0.4, -0.2) is 59.4 Å². The number of benzene rings is 3. The molecule has 0 fully saturated rings. The molecule has 3 aromatic carbocycles. The van der Waals surface area contributed by atoms with Crippen molar-refractivity contribution in [3.63, 3.8) is 0 Å². The number of rotatable bonds is 14. The summed E-state index contributed by atoms with van der Waals surface area (Å²) in [4.78, 5) is 43.5. The zero-order valence-electron chi connectivity index (χ0n) is 26.7. The number of urea groups is 1. The van der Waals surface area contributed by atoms with Crippen molar-refractivity contribution < 1.29 is 23.9 Å². The van der Waals surface area contributed by atoms with Gasteiger partial charge in [0.2, 0.25) is 0 Å². The van der Waals surface area contributed by atoms with E-state index in [0.717, 1.165) is 36.2 Å². The fourth-order valence-electron chi connectivity index (χ4n) is 5.04. The Bertz CT molecular complexity index is 1870. The van der Waals surface area contributed by atoms with E-state index >= 15 is 0 Å². The van der Waals surface area contributed by atoms with Gasteiger partial charge in [-0.05, 0) is 61.5 Å². The Balaban J connectivity index is 1.34. The molecule has 0 aliphatic heterocycles. The van der Waals surface area contributed by atoms with Crippen molar-refractivity contribution >= 4 is 45.8 Å². The van der Waals surface area contributed by atoms with Crippen LogP contribution in [0.5, 0.6) is 0 Å². The minimum atomic E-state index is -0.440. The largest absolute Gasteiger partial charge is 0.382 e. The van der Waals surface area contributed by atoms with Gasteiger partial charge in [0.05, 0.1) is 30.3 Å². The topological polar surface area (TPSA) is 136 Å². The molecule has 0 unspecified atom stereocenters. The number of pyridine rings is 1. The number of unbranched alkanes of at least 4 members (excludes halogenated alkanes) is 1. The Hall–Kier alpha value is -5.39. The highest BCUT2D eigenvalue weighted by Gasteiger charge is 2.18. The summed E-state index contributed by atoms with van der Waals surface area (Å²) in [5, 5.41) is 14.7. The van der Waals surface area contributed by atoms with Gasteiger partial charge in [0.1, 0.15) is 18.2 Å². The van der Waals surface area contributed by atoms with E-state index in [0.29, 0.717) is 40.0 Å². The van der Waals surface area contributed by atoms with Gasteiger partial charge in [-0.25, -0.2) is 14.5 Å². The van der Waals surface area contributed by atoms with Crippen molar-refractivity contribution in [1.82, 2.24) is 14.8 Å². The van der Waals surface area contributed by atoms with E-state index in [2.05, 4.69) is 27.9 Å². The van der Waals surface area contributed by atoms with Crippen LogP contribution in [0.25, 0.3) is 16.5 Å². The first-order valence-electron chi connectivity index (χ1n) is 15.5. The number of aryl methyl sites for hydroxylation is 2. The molecule has 5 rings (SSSR count). The van der Waals surface area contributed by atoms with Gasteiger partial charge in [-0.1, -0.05) is 55.3 Å². The Labute approximate surface area is 273 Å². The second-order valence-corrected chi connectivity index (χ2v) is 11.0. The lowest BCUT2D eigenvalue weighted by Gasteiger charge is -2.14. The van der Waals surface area contributed by atoms with Crippen molar-refractivity contribution in [2.45, 2.75) is 33.1 Å².